The van der Waals surface area contributed by atoms with E-state index in [4.69, 9.17) is 5.11 Å². The second kappa shape index (κ2) is 2.96. The van der Waals surface area contributed by atoms with Crippen molar-refractivity contribution in [3.8, 4) is 0 Å². The Morgan fingerprint density at radius 1 is 1.56 bits per heavy atom. The maximum Gasteiger partial charge on any atom is 0.364 e. The highest BCUT2D eigenvalue weighted by Crippen LogP contribution is 1.94. The molecule has 0 saturated carbocycles. The van der Waals surface area contributed by atoms with Gasteiger partial charge in [0.25, 0.3) is 0 Å². The van der Waals surface area contributed by atoms with Gasteiger partial charge in [-0.05, 0) is 6.92 Å². The van der Waals surface area contributed by atoms with Crippen molar-refractivity contribution in [2.24, 2.45) is 0 Å². The first-order chi connectivity index (χ1) is 4.04. The molecular formula is C5H5FO3. The summed E-state index contributed by atoms with van der Waals surface area (Å²) in [5.74, 6) is -3.76. The summed E-state index contributed by atoms with van der Waals surface area (Å²) in [6.07, 6.45) is 0.419. The van der Waals surface area contributed by atoms with Gasteiger partial charge in [-0.1, -0.05) is 0 Å². The molecule has 0 aliphatic rings. The molecule has 0 amide bonds. The Morgan fingerprint density at radius 2 is 2.00 bits per heavy atom. The van der Waals surface area contributed by atoms with Crippen LogP contribution in [0.25, 0.3) is 0 Å². The SMILES string of the molecule is CC(=O)/C=C(\F)C(=O)O. The Morgan fingerprint density at radius 3 is 2.11 bits per heavy atom. The first-order valence-electron chi connectivity index (χ1n) is 2.15. The Bertz CT molecular complexity index is 171. The number of ketones is 1. The van der Waals surface area contributed by atoms with Crippen molar-refractivity contribution >= 4 is 11.8 Å². The minimum atomic E-state index is -1.72. The van der Waals surface area contributed by atoms with Gasteiger partial charge in [-0.3, -0.25) is 4.79 Å². The van der Waals surface area contributed by atoms with E-state index >= 15 is 0 Å². The van der Waals surface area contributed by atoms with Gasteiger partial charge < -0.3 is 5.11 Å². The molecule has 0 aromatic heterocycles. The summed E-state index contributed by atoms with van der Waals surface area (Å²) in [6.45, 7) is 1.07. The smallest absolute Gasteiger partial charge is 0.364 e. The zero-order chi connectivity index (χ0) is 7.44. The summed E-state index contributed by atoms with van der Waals surface area (Å²) >= 11 is 0. The minimum Gasteiger partial charge on any atom is -0.476 e. The van der Waals surface area contributed by atoms with Crippen LogP contribution in [-0.4, -0.2) is 16.9 Å². The number of aliphatic carboxylic acids is 1. The van der Waals surface area contributed by atoms with E-state index in [1.165, 1.54) is 0 Å². The molecule has 4 heteroatoms. The van der Waals surface area contributed by atoms with Gasteiger partial charge in [0.2, 0.25) is 5.83 Å². The lowest BCUT2D eigenvalue weighted by molar-refractivity contribution is -0.134. The first kappa shape index (κ1) is 7.81. The third kappa shape index (κ3) is 3.40. The van der Waals surface area contributed by atoms with E-state index in [2.05, 4.69) is 0 Å². The maximum atomic E-state index is 11.8. The van der Waals surface area contributed by atoms with Crippen LogP contribution in [0.2, 0.25) is 0 Å². The van der Waals surface area contributed by atoms with E-state index in [-0.39, 0.29) is 0 Å². The Hall–Kier alpha value is -1.19. The van der Waals surface area contributed by atoms with E-state index < -0.39 is 17.6 Å². The van der Waals surface area contributed by atoms with Crippen molar-refractivity contribution < 1.29 is 19.1 Å². The summed E-state index contributed by atoms with van der Waals surface area (Å²) in [5, 5.41) is 7.84. The highest BCUT2D eigenvalue weighted by Gasteiger charge is 2.04. The van der Waals surface area contributed by atoms with Crippen molar-refractivity contribution in [2.45, 2.75) is 6.92 Å². The van der Waals surface area contributed by atoms with Crippen LogP contribution in [0.5, 0.6) is 0 Å². The molecule has 9 heavy (non-hydrogen) atoms. The van der Waals surface area contributed by atoms with E-state index in [0.29, 0.717) is 6.08 Å². The Kier molecular flexibility index (Phi) is 2.57. The van der Waals surface area contributed by atoms with Crippen LogP contribution < -0.4 is 0 Å². The topological polar surface area (TPSA) is 54.4 Å². The zero-order valence-electron chi connectivity index (χ0n) is 4.72. The van der Waals surface area contributed by atoms with Gasteiger partial charge >= 0.3 is 5.97 Å². The number of hydrogen-bond donors (Lipinski definition) is 1. The quantitative estimate of drug-likeness (QED) is 0.557. The number of carbonyl (C=O) groups excluding carboxylic acids is 1. The van der Waals surface area contributed by atoms with Crippen molar-refractivity contribution in [3.05, 3.63) is 11.9 Å². The molecule has 0 radical (unpaired) electrons. The predicted octanol–water partition coefficient (Wildman–Crippen LogP) is 0.513. The number of carboxylic acid groups (broad SMARTS) is 1. The fourth-order valence-electron chi connectivity index (χ4n) is 0.240. The van der Waals surface area contributed by atoms with Gasteiger partial charge in [0, 0.05) is 6.08 Å². The number of halogens is 1. The molecule has 0 unspecified atom stereocenters. The summed E-state index contributed by atoms with van der Waals surface area (Å²) in [4.78, 5) is 19.6. The molecular weight excluding hydrogens is 127 g/mol. The molecule has 0 rings (SSSR count). The Balaban J connectivity index is 4.17. The van der Waals surface area contributed by atoms with Crippen LogP contribution >= 0.6 is 0 Å². The molecule has 3 nitrogen and oxygen atoms in total. The third-order valence-corrected chi connectivity index (χ3v) is 0.534. The normalized spacial score (nSPS) is 11.1. The average molecular weight is 132 g/mol. The number of carbonyl (C=O) groups is 2. The van der Waals surface area contributed by atoms with Gasteiger partial charge in [-0.2, -0.15) is 4.39 Å². The van der Waals surface area contributed by atoms with Gasteiger partial charge in [0.1, 0.15) is 0 Å². The molecule has 0 aliphatic heterocycles. The number of allylic oxidation sites excluding steroid dienone is 1. The molecule has 0 aromatic carbocycles. The lowest BCUT2D eigenvalue weighted by atomic mass is 10.4. The van der Waals surface area contributed by atoms with Gasteiger partial charge in [0.15, 0.2) is 5.78 Å². The molecule has 0 saturated heterocycles. The van der Waals surface area contributed by atoms with Crippen LogP contribution in [0, 0.1) is 0 Å². The number of carboxylic acids is 1. The molecule has 0 aromatic rings. The lowest BCUT2D eigenvalue weighted by Gasteiger charge is -1.82. The van der Waals surface area contributed by atoms with E-state index in [9.17, 15) is 14.0 Å². The predicted molar refractivity (Wildman–Crippen MR) is 27.5 cm³/mol. The largest absolute Gasteiger partial charge is 0.476 e. The molecule has 0 aliphatic carbocycles. The molecule has 0 heterocycles. The van der Waals surface area contributed by atoms with E-state index in [1.54, 1.807) is 0 Å². The summed E-state index contributed by atoms with van der Waals surface area (Å²) in [5.41, 5.74) is 0. The highest BCUT2D eigenvalue weighted by atomic mass is 19.1. The molecule has 0 fully saturated rings. The second-order valence-corrected chi connectivity index (χ2v) is 1.41. The zero-order valence-corrected chi connectivity index (χ0v) is 4.72. The van der Waals surface area contributed by atoms with Crippen LogP contribution in [-0.2, 0) is 9.59 Å². The number of rotatable bonds is 2. The first-order valence-corrected chi connectivity index (χ1v) is 2.15. The Labute approximate surface area is 50.8 Å². The summed E-state index contributed by atoms with van der Waals surface area (Å²) in [6, 6.07) is 0. The number of hydrogen-bond acceptors (Lipinski definition) is 2. The maximum absolute atomic E-state index is 11.8. The minimum absolute atomic E-state index is 0.419. The van der Waals surface area contributed by atoms with Crippen LogP contribution in [0.15, 0.2) is 11.9 Å². The second-order valence-electron chi connectivity index (χ2n) is 1.41. The van der Waals surface area contributed by atoms with Crippen molar-refractivity contribution in [1.29, 1.82) is 0 Å². The molecule has 0 bridgehead atoms. The molecule has 0 atom stereocenters. The molecule has 1 N–H and O–H groups in total. The van der Waals surface area contributed by atoms with Crippen molar-refractivity contribution in [2.75, 3.05) is 0 Å². The van der Waals surface area contributed by atoms with E-state index in [1.807, 2.05) is 0 Å². The van der Waals surface area contributed by atoms with Gasteiger partial charge in [-0.25, -0.2) is 4.79 Å². The standard InChI is InChI=1S/C5H5FO3/c1-3(7)2-4(6)5(8)9/h2H,1H3,(H,8,9)/b4-2-. The molecule has 0 spiro atoms. The lowest BCUT2D eigenvalue weighted by Crippen LogP contribution is -1.96. The third-order valence-electron chi connectivity index (χ3n) is 0.534. The van der Waals surface area contributed by atoms with Crippen LogP contribution in [0.1, 0.15) is 6.92 Å². The van der Waals surface area contributed by atoms with E-state index in [0.717, 1.165) is 6.92 Å². The fraction of sp³-hybridized carbons (Fsp3) is 0.200. The van der Waals surface area contributed by atoms with Gasteiger partial charge in [0.05, 0.1) is 0 Å². The molecule has 50 valence electrons. The summed E-state index contributed by atoms with van der Waals surface area (Å²) < 4.78 is 11.8. The van der Waals surface area contributed by atoms with Crippen LogP contribution in [0.3, 0.4) is 0 Å². The summed E-state index contributed by atoms with van der Waals surface area (Å²) in [7, 11) is 0. The van der Waals surface area contributed by atoms with Crippen molar-refractivity contribution in [3.63, 3.8) is 0 Å². The average Bonchev–Trinajstić information content (AvgIpc) is 1.63. The monoisotopic (exact) mass is 132 g/mol. The highest BCUT2D eigenvalue weighted by molar-refractivity contribution is 5.95. The van der Waals surface area contributed by atoms with Gasteiger partial charge in [-0.15, -0.1) is 0 Å². The fourth-order valence-corrected chi connectivity index (χ4v) is 0.240. The van der Waals surface area contributed by atoms with Crippen molar-refractivity contribution in [1.82, 2.24) is 0 Å². The van der Waals surface area contributed by atoms with Crippen LogP contribution in [0.4, 0.5) is 4.39 Å².